The highest BCUT2D eigenvalue weighted by atomic mass is 16.3. The molecule has 1 aromatic rings. The van der Waals surface area contributed by atoms with Crippen molar-refractivity contribution in [1.82, 2.24) is 5.32 Å². The summed E-state index contributed by atoms with van der Waals surface area (Å²) in [7, 11) is 0. The molecule has 2 bridgehead atoms. The molecule has 0 radical (unpaired) electrons. The van der Waals surface area contributed by atoms with Crippen molar-refractivity contribution >= 4 is 5.91 Å². The molecule has 1 fully saturated rings. The summed E-state index contributed by atoms with van der Waals surface area (Å²) in [4.78, 5) is 11.9. The Morgan fingerprint density at radius 2 is 2.38 bits per heavy atom. The quantitative estimate of drug-likeness (QED) is 0.788. The van der Waals surface area contributed by atoms with Crippen LogP contribution in [0.15, 0.2) is 35.0 Å². The maximum Gasteiger partial charge on any atom is 0.224 e. The van der Waals surface area contributed by atoms with Gasteiger partial charge in [0.15, 0.2) is 0 Å². The summed E-state index contributed by atoms with van der Waals surface area (Å²) in [6.07, 6.45) is 8.26. The number of furan rings is 1. The van der Waals surface area contributed by atoms with Crippen LogP contribution in [0.4, 0.5) is 0 Å². The topological polar surface area (TPSA) is 42.2 Å². The van der Waals surface area contributed by atoms with E-state index in [9.17, 15) is 4.79 Å². The monoisotopic (exact) mass is 217 g/mol. The molecule has 3 rings (SSSR count). The molecule has 0 saturated heterocycles. The standard InChI is InChI=1S/C13H15NO2/c15-13(14-8-11-2-1-5-16-11)12-7-9-3-4-10(12)6-9/h1-5,9-10,12H,6-8H2,(H,14,15). The lowest BCUT2D eigenvalue weighted by Gasteiger charge is -2.16. The highest BCUT2D eigenvalue weighted by Gasteiger charge is 2.39. The van der Waals surface area contributed by atoms with Gasteiger partial charge in [-0.2, -0.15) is 0 Å². The summed E-state index contributed by atoms with van der Waals surface area (Å²) in [6, 6.07) is 3.71. The average Bonchev–Trinajstić information content (AvgIpc) is 3.01. The second kappa shape index (κ2) is 3.81. The smallest absolute Gasteiger partial charge is 0.224 e. The molecular weight excluding hydrogens is 202 g/mol. The zero-order chi connectivity index (χ0) is 11.0. The molecule has 0 aliphatic heterocycles. The second-order valence-corrected chi connectivity index (χ2v) is 4.68. The Balaban J connectivity index is 1.56. The van der Waals surface area contributed by atoms with Gasteiger partial charge in [0.05, 0.1) is 12.8 Å². The van der Waals surface area contributed by atoms with Crippen LogP contribution in [-0.4, -0.2) is 5.91 Å². The van der Waals surface area contributed by atoms with E-state index in [-0.39, 0.29) is 11.8 Å². The summed E-state index contributed by atoms with van der Waals surface area (Å²) in [6.45, 7) is 0.503. The number of amides is 1. The summed E-state index contributed by atoms with van der Waals surface area (Å²) >= 11 is 0. The first-order valence-electron chi connectivity index (χ1n) is 5.81. The van der Waals surface area contributed by atoms with E-state index >= 15 is 0 Å². The molecule has 2 aliphatic rings. The van der Waals surface area contributed by atoms with Gasteiger partial charge in [0.2, 0.25) is 5.91 Å². The Labute approximate surface area is 94.5 Å². The fraction of sp³-hybridized carbons (Fsp3) is 0.462. The molecule has 1 heterocycles. The van der Waals surface area contributed by atoms with Gasteiger partial charge in [-0.15, -0.1) is 0 Å². The van der Waals surface area contributed by atoms with Crippen LogP contribution >= 0.6 is 0 Å². The third-order valence-electron chi connectivity index (χ3n) is 3.63. The van der Waals surface area contributed by atoms with Gasteiger partial charge in [-0.1, -0.05) is 12.2 Å². The molecule has 16 heavy (non-hydrogen) atoms. The predicted molar refractivity (Wildman–Crippen MR) is 59.4 cm³/mol. The highest BCUT2D eigenvalue weighted by Crippen LogP contribution is 2.43. The number of fused-ring (bicyclic) bond motifs is 2. The Hall–Kier alpha value is -1.51. The zero-order valence-electron chi connectivity index (χ0n) is 9.06. The minimum atomic E-state index is 0.174. The lowest BCUT2D eigenvalue weighted by Crippen LogP contribution is -2.32. The number of allylic oxidation sites excluding steroid dienone is 2. The van der Waals surface area contributed by atoms with Gasteiger partial charge < -0.3 is 9.73 Å². The molecule has 1 N–H and O–H groups in total. The van der Waals surface area contributed by atoms with Gasteiger partial charge in [0.25, 0.3) is 0 Å². The SMILES string of the molecule is O=C(NCc1ccco1)C1CC2C=CC1C2. The van der Waals surface area contributed by atoms with Gasteiger partial charge in [-0.3, -0.25) is 4.79 Å². The summed E-state index contributed by atoms with van der Waals surface area (Å²) < 4.78 is 5.18. The third kappa shape index (κ3) is 1.66. The molecule has 2 aliphatic carbocycles. The number of rotatable bonds is 3. The van der Waals surface area contributed by atoms with Gasteiger partial charge in [0.1, 0.15) is 5.76 Å². The molecule has 3 nitrogen and oxygen atoms in total. The van der Waals surface area contributed by atoms with Crippen molar-refractivity contribution in [1.29, 1.82) is 0 Å². The maximum absolute atomic E-state index is 11.9. The van der Waals surface area contributed by atoms with Crippen LogP contribution < -0.4 is 5.32 Å². The minimum Gasteiger partial charge on any atom is -0.467 e. The molecule has 84 valence electrons. The van der Waals surface area contributed by atoms with Gasteiger partial charge in [-0.05, 0) is 36.8 Å². The first-order chi connectivity index (χ1) is 7.83. The normalized spacial score (nSPS) is 30.9. The second-order valence-electron chi connectivity index (χ2n) is 4.68. The van der Waals surface area contributed by atoms with Crippen LogP contribution in [0.5, 0.6) is 0 Å². The Bertz CT molecular complexity index is 408. The van der Waals surface area contributed by atoms with Gasteiger partial charge >= 0.3 is 0 Å². The fourth-order valence-corrected chi connectivity index (χ4v) is 2.80. The lowest BCUT2D eigenvalue weighted by atomic mass is 9.93. The molecule has 1 amide bonds. The van der Waals surface area contributed by atoms with Crippen molar-refractivity contribution in [3.05, 3.63) is 36.3 Å². The van der Waals surface area contributed by atoms with Gasteiger partial charge in [-0.25, -0.2) is 0 Å². The highest BCUT2D eigenvalue weighted by molar-refractivity contribution is 5.79. The van der Waals surface area contributed by atoms with Crippen LogP contribution in [0.25, 0.3) is 0 Å². The number of hydrogen-bond acceptors (Lipinski definition) is 2. The van der Waals surface area contributed by atoms with E-state index in [0.29, 0.717) is 18.4 Å². The Morgan fingerprint density at radius 3 is 3.00 bits per heavy atom. The molecule has 0 aromatic carbocycles. The molecule has 1 saturated carbocycles. The van der Waals surface area contributed by atoms with Crippen molar-refractivity contribution in [2.75, 3.05) is 0 Å². The molecule has 3 heteroatoms. The summed E-state index contributed by atoms with van der Waals surface area (Å²) in [5.74, 6) is 2.29. The molecule has 0 spiro atoms. The Morgan fingerprint density at radius 1 is 1.44 bits per heavy atom. The number of carbonyl (C=O) groups is 1. The first kappa shape index (κ1) is 9.70. The van der Waals surface area contributed by atoms with Gasteiger partial charge in [0, 0.05) is 5.92 Å². The van der Waals surface area contributed by atoms with E-state index < -0.39 is 0 Å². The van der Waals surface area contributed by atoms with E-state index in [0.717, 1.165) is 12.2 Å². The number of nitrogens with one attached hydrogen (secondary N) is 1. The van der Waals surface area contributed by atoms with Crippen LogP contribution in [0, 0.1) is 17.8 Å². The first-order valence-corrected chi connectivity index (χ1v) is 5.81. The summed E-state index contributed by atoms with van der Waals surface area (Å²) in [5.41, 5.74) is 0. The van der Waals surface area contributed by atoms with E-state index in [1.54, 1.807) is 6.26 Å². The average molecular weight is 217 g/mol. The lowest BCUT2D eigenvalue weighted by molar-refractivity contribution is -0.125. The summed E-state index contributed by atoms with van der Waals surface area (Å²) in [5, 5.41) is 2.95. The van der Waals surface area contributed by atoms with E-state index in [2.05, 4.69) is 17.5 Å². The van der Waals surface area contributed by atoms with Crippen LogP contribution in [-0.2, 0) is 11.3 Å². The minimum absolute atomic E-state index is 0.174. The van der Waals surface area contributed by atoms with Crippen LogP contribution in [0.2, 0.25) is 0 Å². The molecular formula is C13H15NO2. The molecule has 1 aromatic heterocycles. The Kier molecular flexibility index (Phi) is 2.31. The molecule has 3 atom stereocenters. The van der Waals surface area contributed by atoms with Crippen LogP contribution in [0.1, 0.15) is 18.6 Å². The van der Waals surface area contributed by atoms with Crippen molar-refractivity contribution in [3.63, 3.8) is 0 Å². The van der Waals surface area contributed by atoms with E-state index in [1.807, 2.05) is 12.1 Å². The van der Waals surface area contributed by atoms with Crippen molar-refractivity contribution in [2.24, 2.45) is 17.8 Å². The van der Waals surface area contributed by atoms with Crippen LogP contribution in [0.3, 0.4) is 0 Å². The maximum atomic E-state index is 11.9. The largest absolute Gasteiger partial charge is 0.467 e. The van der Waals surface area contributed by atoms with Crippen molar-refractivity contribution in [3.8, 4) is 0 Å². The van der Waals surface area contributed by atoms with Crippen molar-refractivity contribution in [2.45, 2.75) is 19.4 Å². The van der Waals surface area contributed by atoms with E-state index in [4.69, 9.17) is 4.42 Å². The number of carbonyl (C=O) groups excluding carboxylic acids is 1. The third-order valence-corrected chi connectivity index (χ3v) is 3.63. The number of hydrogen-bond donors (Lipinski definition) is 1. The molecule has 3 unspecified atom stereocenters. The predicted octanol–water partition coefficient (Wildman–Crippen LogP) is 2.11. The van der Waals surface area contributed by atoms with E-state index in [1.165, 1.54) is 6.42 Å². The fourth-order valence-electron chi connectivity index (χ4n) is 2.80. The van der Waals surface area contributed by atoms with Crippen molar-refractivity contribution < 1.29 is 9.21 Å². The zero-order valence-corrected chi connectivity index (χ0v) is 9.06.